The Labute approximate surface area is 146 Å². The van der Waals surface area contributed by atoms with Crippen LogP contribution in [0.3, 0.4) is 0 Å². The van der Waals surface area contributed by atoms with Gasteiger partial charge in [0, 0.05) is 23.5 Å². The van der Waals surface area contributed by atoms with E-state index in [1.807, 2.05) is 13.8 Å². The van der Waals surface area contributed by atoms with Crippen molar-refractivity contribution >= 4 is 26.7 Å². The van der Waals surface area contributed by atoms with Gasteiger partial charge in [-0.25, -0.2) is 12.8 Å². The van der Waals surface area contributed by atoms with E-state index < -0.39 is 15.7 Å². The summed E-state index contributed by atoms with van der Waals surface area (Å²) in [7, 11) is -3.11. The van der Waals surface area contributed by atoms with Gasteiger partial charge in [-0.2, -0.15) is 0 Å². The lowest BCUT2D eigenvalue weighted by molar-refractivity contribution is 0.0641. The number of fused-ring (bicyclic) bond motifs is 1. The van der Waals surface area contributed by atoms with Gasteiger partial charge in [-0.15, -0.1) is 0 Å². The van der Waals surface area contributed by atoms with E-state index in [4.69, 9.17) is 4.42 Å². The maximum absolute atomic E-state index is 13.5. The molecule has 0 aliphatic carbocycles. The molecule has 136 valence electrons. The molecule has 1 amide bonds. The first-order chi connectivity index (χ1) is 11.7. The van der Waals surface area contributed by atoms with Crippen LogP contribution in [0.4, 0.5) is 4.39 Å². The molecule has 1 aromatic heterocycles. The molecule has 0 N–H and O–H groups in total. The maximum atomic E-state index is 13.5. The second kappa shape index (κ2) is 6.44. The van der Waals surface area contributed by atoms with Crippen LogP contribution in [0.15, 0.2) is 22.6 Å². The minimum absolute atomic E-state index is 0.0145. The van der Waals surface area contributed by atoms with Crippen molar-refractivity contribution in [2.45, 2.75) is 33.2 Å². The van der Waals surface area contributed by atoms with E-state index in [1.165, 1.54) is 18.2 Å². The van der Waals surface area contributed by atoms with Crippen molar-refractivity contribution in [1.82, 2.24) is 4.90 Å². The third-order valence-corrected chi connectivity index (χ3v) is 6.31. The van der Waals surface area contributed by atoms with Crippen molar-refractivity contribution in [2.24, 2.45) is 5.92 Å². The first kappa shape index (κ1) is 17.9. The molecule has 0 spiro atoms. The minimum Gasteiger partial charge on any atom is -0.451 e. The van der Waals surface area contributed by atoms with Crippen LogP contribution >= 0.6 is 0 Å². The number of nitrogens with zero attached hydrogens (tertiary/aromatic N) is 1. The zero-order chi connectivity index (χ0) is 18.4. The Morgan fingerprint density at radius 3 is 2.72 bits per heavy atom. The van der Waals surface area contributed by atoms with Crippen LogP contribution < -0.4 is 0 Å². The smallest absolute Gasteiger partial charge is 0.290 e. The number of furan rings is 1. The highest BCUT2D eigenvalue weighted by molar-refractivity contribution is 7.91. The van der Waals surface area contributed by atoms with Gasteiger partial charge < -0.3 is 9.32 Å². The monoisotopic (exact) mass is 367 g/mol. The summed E-state index contributed by atoms with van der Waals surface area (Å²) in [5.41, 5.74) is 1.03. The van der Waals surface area contributed by atoms with Gasteiger partial charge in [-0.3, -0.25) is 4.79 Å². The number of sulfone groups is 1. The van der Waals surface area contributed by atoms with Crippen molar-refractivity contribution < 1.29 is 22.0 Å². The van der Waals surface area contributed by atoms with E-state index >= 15 is 0 Å². The van der Waals surface area contributed by atoms with E-state index in [2.05, 4.69) is 0 Å². The lowest BCUT2D eigenvalue weighted by Crippen LogP contribution is -2.43. The lowest BCUT2D eigenvalue weighted by atomic mass is 10.1. The predicted octanol–water partition coefficient (Wildman–Crippen LogP) is 3.17. The molecular weight excluding hydrogens is 345 g/mol. The van der Waals surface area contributed by atoms with E-state index in [-0.39, 0.29) is 35.1 Å². The molecule has 0 bridgehead atoms. The van der Waals surface area contributed by atoms with Crippen LogP contribution in [-0.4, -0.2) is 43.3 Å². The highest BCUT2D eigenvalue weighted by Gasteiger charge is 2.36. The van der Waals surface area contributed by atoms with Crippen LogP contribution in [0, 0.1) is 18.7 Å². The molecule has 2 aromatic rings. The van der Waals surface area contributed by atoms with Crippen molar-refractivity contribution in [2.75, 3.05) is 18.1 Å². The Morgan fingerprint density at radius 1 is 1.40 bits per heavy atom. The summed E-state index contributed by atoms with van der Waals surface area (Å²) < 4.78 is 42.8. The van der Waals surface area contributed by atoms with Gasteiger partial charge in [0.25, 0.3) is 5.91 Å². The molecule has 1 saturated heterocycles. The van der Waals surface area contributed by atoms with Gasteiger partial charge in [0.15, 0.2) is 15.6 Å². The molecule has 25 heavy (non-hydrogen) atoms. The molecular formula is C18H22FNO4S. The van der Waals surface area contributed by atoms with E-state index in [0.29, 0.717) is 29.5 Å². The third-order valence-electron chi connectivity index (χ3n) is 4.56. The number of halogens is 1. The first-order valence-corrected chi connectivity index (χ1v) is 10.2. The van der Waals surface area contributed by atoms with Gasteiger partial charge in [0.05, 0.1) is 11.5 Å². The summed E-state index contributed by atoms with van der Waals surface area (Å²) in [4.78, 5) is 14.7. The Kier molecular flexibility index (Phi) is 4.62. The van der Waals surface area contributed by atoms with Crippen molar-refractivity contribution in [3.8, 4) is 0 Å². The number of hydrogen-bond acceptors (Lipinski definition) is 4. The number of rotatable bonds is 4. The fourth-order valence-corrected chi connectivity index (χ4v) is 5.07. The van der Waals surface area contributed by atoms with Gasteiger partial charge in [-0.05, 0) is 37.5 Å². The molecule has 1 fully saturated rings. The van der Waals surface area contributed by atoms with Crippen LogP contribution in [-0.2, 0) is 9.84 Å². The average Bonchev–Trinajstić information content (AvgIpc) is 3.04. The largest absolute Gasteiger partial charge is 0.451 e. The molecule has 0 saturated carbocycles. The predicted molar refractivity (Wildman–Crippen MR) is 93.8 cm³/mol. The average molecular weight is 367 g/mol. The highest BCUT2D eigenvalue weighted by atomic mass is 32.2. The highest BCUT2D eigenvalue weighted by Crippen LogP contribution is 2.29. The fraction of sp³-hybridized carbons (Fsp3) is 0.500. The topological polar surface area (TPSA) is 67.6 Å². The zero-order valence-corrected chi connectivity index (χ0v) is 15.4. The second-order valence-electron chi connectivity index (χ2n) is 7.10. The van der Waals surface area contributed by atoms with E-state index in [0.717, 1.165) is 0 Å². The van der Waals surface area contributed by atoms with Crippen molar-refractivity contribution in [1.29, 1.82) is 0 Å². The summed E-state index contributed by atoms with van der Waals surface area (Å²) in [5, 5.41) is 0.562. The normalized spacial score (nSPS) is 19.6. The molecule has 0 radical (unpaired) electrons. The van der Waals surface area contributed by atoms with Gasteiger partial charge >= 0.3 is 0 Å². The van der Waals surface area contributed by atoms with Gasteiger partial charge in [0.1, 0.15) is 11.4 Å². The summed E-state index contributed by atoms with van der Waals surface area (Å²) in [6.07, 6.45) is 0.439. The molecule has 1 aliphatic rings. The summed E-state index contributed by atoms with van der Waals surface area (Å²) in [6, 6.07) is 3.79. The molecule has 1 atom stereocenters. The van der Waals surface area contributed by atoms with Crippen molar-refractivity contribution in [3.05, 3.63) is 35.3 Å². The Hall–Kier alpha value is -1.89. The molecule has 1 unspecified atom stereocenters. The van der Waals surface area contributed by atoms with Crippen LogP contribution in [0.5, 0.6) is 0 Å². The van der Waals surface area contributed by atoms with Crippen LogP contribution in [0.25, 0.3) is 11.0 Å². The van der Waals surface area contributed by atoms with Crippen LogP contribution in [0.2, 0.25) is 0 Å². The zero-order valence-electron chi connectivity index (χ0n) is 14.6. The number of amides is 1. The van der Waals surface area contributed by atoms with Crippen LogP contribution in [0.1, 0.15) is 36.4 Å². The quantitative estimate of drug-likeness (QED) is 0.832. The number of carbonyl (C=O) groups excluding carboxylic acids is 1. The molecule has 1 aromatic carbocycles. The SMILES string of the molecule is Cc1c(C(=O)N(CC(C)C)C2CCS(=O)(=O)C2)oc2ccc(F)cc12. The number of benzene rings is 1. The van der Waals surface area contributed by atoms with E-state index in [1.54, 1.807) is 11.8 Å². The molecule has 3 rings (SSSR count). The lowest BCUT2D eigenvalue weighted by Gasteiger charge is -2.29. The fourth-order valence-electron chi connectivity index (χ4n) is 3.34. The Morgan fingerprint density at radius 2 is 2.12 bits per heavy atom. The van der Waals surface area contributed by atoms with Gasteiger partial charge in [-0.1, -0.05) is 13.8 Å². The molecule has 1 aliphatic heterocycles. The molecule has 2 heterocycles. The third kappa shape index (κ3) is 3.56. The van der Waals surface area contributed by atoms with E-state index in [9.17, 15) is 17.6 Å². The second-order valence-corrected chi connectivity index (χ2v) is 9.33. The Balaban J connectivity index is 1.99. The first-order valence-electron chi connectivity index (χ1n) is 8.38. The molecule has 7 heteroatoms. The summed E-state index contributed by atoms with van der Waals surface area (Å²) in [6.45, 7) is 6.12. The van der Waals surface area contributed by atoms with Gasteiger partial charge in [0.2, 0.25) is 0 Å². The minimum atomic E-state index is -3.11. The summed E-state index contributed by atoms with van der Waals surface area (Å²) in [5.74, 6) is -0.287. The maximum Gasteiger partial charge on any atom is 0.290 e. The van der Waals surface area contributed by atoms with Crippen molar-refractivity contribution in [3.63, 3.8) is 0 Å². The number of aryl methyl sites for hydroxylation is 1. The Bertz CT molecular complexity index is 917. The number of hydrogen-bond donors (Lipinski definition) is 0. The standard InChI is InChI=1S/C18H22FNO4S/c1-11(2)9-20(14-6-7-25(22,23)10-14)18(21)17-12(3)15-8-13(19)4-5-16(15)24-17/h4-5,8,11,14H,6-7,9-10H2,1-3H3. The molecule has 5 nitrogen and oxygen atoms in total. The number of carbonyl (C=O) groups is 1. The summed E-state index contributed by atoms with van der Waals surface area (Å²) >= 11 is 0.